The van der Waals surface area contributed by atoms with Crippen LogP contribution in [-0.4, -0.2) is 40.4 Å². The molecule has 0 atom stereocenters. The lowest BCUT2D eigenvalue weighted by molar-refractivity contribution is -0.384. The van der Waals surface area contributed by atoms with Gasteiger partial charge in [0.1, 0.15) is 12.1 Å². The SMILES string of the molecule is Cc1ccc(-n2ncc3c(-n4nc(C)cc4NC(=O)Cc4ccc([N+](=O)[O-])cc4)ncnc32)c(C)c1. The standard InChI is InChI=1S/C25H22N8O3/c1-15-4-9-21(16(2)10-15)31-24-20(13-28-31)25(27-14-26-24)32-22(11-17(3)30-32)29-23(34)12-18-5-7-19(8-6-18)33(35)36/h4-11,13-14H,12H2,1-3H3,(H,29,34). The fraction of sp³-hybridized carbons (Fsp3) is 0.160. The fourth-order valence-electron chi connectivity index (χ4n) is 4.08. The minimum absolute atomic E-state index is 0.0259. The zero-order chi connectivity index (χ0) is 25.4. The Kier molecular flexibility index (Phi) is 5.72. The molecular formula is C25H22N8O3. The first-order chi connectivity index (χ1) is 17.3. The van der Waals surface area contributed by atoms with Gasteiger partial charge in [-0.05, 0) is 38.0 Å². The molecule has 3 aromatic heterocycles. The largest absolute Gasteiger partial charge is 0.310 e. The predicted octanol–water partition coefficient (Wildman–Crippen LogP) is 4.02. The predicted molar refractivity (Wildman–Crippen MR) is 133 cm³/mol. The van der Waals surface area contributed by atoms with E-state index < -0.39 is 4.92 Å². The van der Waals surface area contributed by atoms with Gasteiger partial charge in [-0.3, -0.25) is 14.9 Å². The summed E-state index contributed by atoms with van der Waals surface area (Å²) in [5.74, 6) is 0.634. The number of rotatable bonds is 6. The van der Waals surface area contributed by atoms with Gasteiger partial charge in [0.05, 0.1) is 34.3 Å². The minimum Gasteiger partial charge on any atom is -0.310 e. The van der Waals surface area contributed by atoms with E-state index in [1.807, 2.05) is 32.9 Å². The van der Waals surface area contributed by atoms with E-state index in [0.717, 1.165) is 16.8 Å². The van der Waals surface area contributed by atoms with Gasteiger partial charge < -0.3 is 5.32 Å². The lowest BCUT2D eigenvalue weighted by Gasteiger charge is -2.10. The third-order valence-electron chi connectivity index (χ3n) is 5.74. The number of nitro groups is 1. The molecule has 0 spiro atoms. The summed E-state index contributed by atoms with van der Waals surface area (Å²) in [6.07, 6.45) is 3.17. The molecule has 5 rings (SSSR count). The molecule has 0 aliphatic rings. The van der Waals surface area contributed by atoms with Crippen LogP contribution in [0.15, 0.2) is 61.1 Å². The average molecular weight is 483 g/mol. The fourth-order valence-corrected chi connectivity index (χ4v) is 4.08. The number of carbonyl (C=O) groups excluding carboxylic acids is 1. The van der Waals surface area contributed by atoms with E-state index >= 15 is 0 Å². The molecule has 0 radical (unpaired) electrons. The highest BCUT2D eigenvalue weighted by Gasteiger charge is 2.18. The van der Waals surface area contributed by atoms with Crippen molar-refractivity contribution in [3.63, 3.8) is 0 Å². The number of nitro benzene ring substituents is 1. The summed E-state index contributed by atoms with van der Waals surface area (Å²) < 4.78 is 3.32. The minimum atomic E-state index is -0.476. The second kappa shape index (κ2) is 9.02. The summed E-state index contributed by atoms with van der Waals surface area (Å²) in [6, 6.07) is 13.7. The number of amides is 1. The molecule has 0 aliphatic carbocycles. The van der Waals surface area contributed by atoms with Crippen molar-refractivity contribution in [1.29, 1.82) is 0 Å². The highest BCUT2D eigenvalue weighted by atomic mass is 16.6. The Balaban J connectivity index is 1.46. The molecule has 180 valence electrons. The first kappa shape index (κ1) is 22.8. The van der Waals surface area contributed by atoms with Crippen molar-refractivity contribution in [3.05, 3.63) is 93.6 Å². The summed E-state index contributed by atoms with van der Waals surface area (Å²) in [4.78, 5) is 32.0. The van der Waals surface area contributed by atoms with E-state index in [1.165, 1.54) is 18.5 Å². The number of fused-ring (bicyclic) bond motifs is 1. The van der Waals surface area contributed by atoms with Crippen molar-refractivity contribution in [2.45, 2.75) is 27.2 Å². The molecule has 36 heavy (non-hydrogen) atoms. The molecule has 0 unspecified atom stereocenters. The number of carbonyl (C=O) groups is 1. The van der Waals surface area contributed by atoms with Crippen LogP contribution in [0.4, 0.5) is 11.5 Å². The molecular weight excluding hydrogens is 460 g/mol. The first-order valence-corrected chi connectivity index (χ1v) is 11.2. The smallest absolute Gasteiger partial charge is 0.269 e. The van der Waals surface area contributed by atoms with Crippen LogP contribution in [0.25, 0.3) is 22.5 Å². The molecule has 0 saturated heterocycles. The quantitative estimate of drug-likeness (QED) is 0.285. The number of benzene rings is 2. The Hall–Kier alpha value is -4.93. The van der Waals surface area contributed by atoms with Crippen LogP contribution in [0.1, 0.15) is 22.4 Å². The van der Waals surface area contributed by atoms with Crippen LogP contribution in [0, 0.1) is 30.9 Å². The van der Waals surface area contributed by atoms with E-state index in [0.29, 0.717) is 33.9 Å². The number of hydrogen-bond donors (Lipinski definition) is 1. The molecule has 0 saturated carbocycles. The van der Waals surface area contributed by atoms with Gasteiger partial charge >= 0.3 is 0 Å². The van der Waals surface area contributed by atoms with Gasteiger partial charge in [0.25, 0.3) is 5.69 Å². The summed E-state index contributed by atoms with van der Waals surface area (Å²) in [5, 5.41) is 23.5. The zero-order valence-corrected chi connectivity index (χ0v) is 19.8. The number of nitrogens with zero attached hydrogens (tertiary/aromatic N) is 7. The van der Waals surface area contributed by atoms with Crippen molar-refractivity contribution >= 4 is 28.4 Å². The molecule has 5 aromatic rings. The third kappa shape index (κ3) is 4.29. The second-order valence-corrected chi connectivity index (χ2v) is 8.51. The summed E-state index contributed by atoms with van der Waals surface area (Å²) in [7, 11) is 0. The van der Waals surface area contributed by atoms with Gasteiger partial charge in [-0.25, -0.2) is 14.6 Å². The molecule has 2 aromatic carbocycles. The molecule has 11 heteroatoms. The monoisotopic (exact) mass is 482 g/mol. The summed E-state index contributed by atoms with van der Waals surface area (Å²) in [6.45, 7) is 5.88. The highest BCUT2D eigenvalue weighted by Crippen LogP contribution is 2.25. The Morgan fingerprint density at radius 3 is 2.53 bits per heavy atom. The molecule has 0 aliphatic heterocycles. The van der Waals surface area contributed by atoms with Crippen LogP contribution < -0.4 is 5.32 Å². The van der Waals surface area contributed by atoms with Gasteiger partial charge in [-0.15, -0.1) is 0 Å². The van der Waals surface area contributed by atoms with E-state index in [1.54, 1.807) is 33.8 Å². The number of non-ortho nitro benzene ring substituents is 1. The van der Waals surface area contributed by atoms with E-state index in [-0.39, 0.29) is 18.0 Å². The van der Waals surface area contributed by atoms with Crippen LogP contribution in [0.5, 0.6) is 0 Å². The van der Waals surface area contributed by atoms with Gasteiger partial charge in [0.15, 0.2) is 11.5 Å². The van der Waals surface area contributed by atoms with E-state index in [9.17, 15) is 14.9 Å². The second-order valence-electron chi connectivity index (χ2n) is 8.51. The first-order valence-electron chi connectivity index (χ1n) is 11.2. The van der Waals surface area contributed by atoms with Crippen LogP contribution in [0.2, 0.25) is 0 Å². The van der Waals surface area contributed by atoms with Crippen molar-refractivity contribution in [3.8, 4) is 11.5 Å². The van der Waals surface area contributed by atoms with Gasteiger partial charge in [-0.2, -0.15) is 14.9 Å². The van der Waals surface area contributed by atoms with Gasteiger partial charge in [0, 0.05) is 18.2 Å². The molecule has 0 fully saturated rings. The maximum absolute atomic E-state index is 12.8. The van der Waals surface area contributed by atoms with E-state index in [2.05, 4.69) is 31.5 Å². The van der Waals surface area contributed by atoms with Gasteiger partial charge in [-0.1, -0.05) is 29.8 Å². The Labute approximate surface area is 205 Å². The third-order valence-corrected chi connectivity index (χ3v) is 5.74. The summed E-state index contributed by atoms with van der Waals surface area (Å²) in [5.41, 5.74) is 5.06. The van der Waals surface area contributed by atoms with Crippen LogP contribution in [-0.2, 0) is 11.2 Å². The van der Waals surface area contributed by atoms with E-state index in [4.69, 9.17) is 0 Å². The number of nitrogens with one attached hydrogen (secondary N) is 1. The van der Waals surface area contributed by atoms with Gasteiger partial charge in [0.2, 0.25) is 5.91 Å². The number of aryl methyl sites for hydroxylation is 3. The number of anilines is 1. The van der Waals surface area contributed by atoms with Crippen molar-refractivity contribution < 1.29 is 9.72 Å². The van der Waals surface area contributed by atoms with Crippen molar-refractivity contribution in [1.82, 2.24) is 29.5 Å². The maximum Gasteiger partial charge on any atom is 0.269 e. The lowest BCUT2D eigenvalue weighted by atomic mass is 10.1. The van der Waals surface area contributed by atoms with Crippen molar-refractivity contribution in [2.75, 3.05) is 5.32 Å². The highest BCUT2D eigenvalue weighted by molar-refractivity contribution is 5.92. The van der Waals surface area contributed by atoms with Crippen molar-refractivity contribution in [2.24, 2.45) is 0 Å². The average Bonchev–Trinajstić information content (AvgIpc) is 3.42. The molecule has 11 nitrogen and oxygen atoms in total. The van der Waals surface area contributed by atoms with Crippen LogP contribution >= 0.6 is 0 Å². The Morgan fingerprint density at radius 1 is 1.03 bits per heavy atom. The topological polar surface area (TPSA) is 134 Å². The normalized spacial score (nSPS) is 11.1. The lowest BCUT2D eigenvalue weighted by Crippen LogP contribution is -2.17. The number of hydrogen-bond acceptors (Lipinski definition) is 7. The van der Waals surface area contributed by atoms with Crippen LogP contribution in [0.3, 0.4) is 0 Å². The Bertz CT molecular complexity index is 1620. The zero-order valence-electron chi connectivity index (χ0n) is 19.8. The maximum atomic E-state index is 12.8. The molecule has 1 amide bonds. The Morgan fingerprint density at radius 2 is 1.81 bits per heavy atom. The molecule has 1 N–H and O–H groups in total. The molecule has 3 heterocycles. The number of aromatic nitrogens is 6. The molecule has 0 bridgehead atoms. The summed E-state index contributed by atoms with van der Waals surface area (Å²) >= 11 is 0.